The second-order valence-corrected chi connectivity index (χ2v) is 16.2. The number of nitrogens with one attached hydrogen (secondary N) is 3. The molecular formula is C48H51N7O6. The number of benzene rings is 4. The van der Waals surface area contributed by atoms with E-state index in [-0.39, 0.29) is 29.8 Å². The fourth-order valence-electron chi connectivity index (χ4n) is 8.80. The van der Waals surface area contributed by atoms with Gasteiger partial charge in [0.15, 0.2) is 0 Å². The molecule has 13 heteroatoms. The van der Waals surface area contributed by atoms with Crippen LogP contribution in [0.3, 0.4) is 0 Å². The third-order valence-electron chi connectivity index (χ3n) is 12.1. The van der Waals surface area contributed by atoms with E-state index in [9.17, 15) is 19.2 Å². The fraction of sp³-hybridized carbons (Fsp3) is 0.333. The molecule has 3 aliphatic rings. The first-order valence-electron chi connectivity index (χ1n) is 20.9. The van der Waals surface area contributed by atoms with Crippen molar-refractivity contribution in [1.82, 2.24) is 30.4 Å². The lowest BCUT2D eigenvalue weighted by Crippen LogP contribution is -2.51. The van der Waals surface area contributed by atoms with Crippen molar-refractivity contribution in [1.29, 1.82) is 0 Å². The number of fused-ring (bicyclic) bond motifs is 1. The molecule has 4 amide bonds. The first kappa shape index (κ1) is 41.0. The topological polar surface area (TPSA) is 158 Å². The summed E-state index contributed by atoms with van der Waals surface area (Å²) in [6.45, 7) is 5.00. The molecule has 5 aromatic rings. The lowest BCUT2D eigenvalue weighted by molar-refractivity contribution is -0.135. The van der Waals surface area contributed by atoms with E-state index in [0.717, 1.165) is 81.5 Å². The van der Waals surface area contributed by atoms with Gasteiger partial charge in [-0.1, -0.05) is 92.7 Å². The number of ether oxygens (including phenoxy) is 2. The van der Waals surface area contributed by atoms with Crippen LogP contribution >= 0.6 is 0 Å². The number of nitrogens with zero attached hydrogens (tertiary/aromatic N) is 4. The number of hydrogen-bond donors (Lipinski definition) is 3. The summed E-state index contributed by atoms with van der Waals surface area (Å²) in [5, 5.41) is 7.65. The van der Waals surface area contributed by atoms with Crippen molar-refractivity contribution in [2.75, 3.05) is 27.3 Å². The highest BCUT2D eigenvalue weighted by Crippen LogP contribution is 2.36. The zero-order valence-electron chi connectivity index (χ0n) is 34.9. The summed E-state index contributed by atoms with van der Waals surface area (Å²) in [5.74, 6) is 0.318. The monoisotopic (exact) mass is 821 g/mol. The van der Waals surface area contributed by atoms with Crippen LogP contribution in [0.1, 0.15) is 75.0 Å². The molecule has 2 fully saturated rings. The number of rotatable bonds is 11. The Morgan fingerprint density at radius 1 is 0.721 bits per heavy atom. The quantitative estimate of drug-likeness (QED) is 0.121. The summed E-state index contributed by atoms with van der Waals surface area (Å²) in [6, 6.07) is 28.7. The highest BCUT2D eigenvalue weighted by atomic mass is 16.5. The van der Waals surface area contributed by atoms with Gasteiger partial charge in [0.25, 0.3) is 0 Å². The van der Waals surface area contributed by atoms with Crippen LogP contribution in [0.5, 0.6) is 0 Å². The molecule has 0 spiro atoms. The van der Waals surface area contributed by atoms with Gasteiger partial charge in [-0.05, 0) is 82.3 Å². The summed E-state index contributed by atoms with van der Waals surface area (Å²) < 4.78 is 9.62. The van der Waals surface area contributed by atoms with E-state index in [4.69, 9.17) is 19.5 Å². The van der Waals surface area contributed by atoms with Crippen molar-refractivity contribution in [3.63, 3.8) is 0 Å². The number of alkyl carbamates (subject to hydrolysis) is 2. The van der Waals surface area contributed by atoms with Crippen molar-refractivity contribution < 1.29 is 28.7 Å². The number of amides is 4. The van der Waals surface area contributed by atoms with E-state index in [1.807, 2.05) is 66.4 Å². The predicted molar refractivity (Wildman–Crippen MR) is 234 cm³/mol. The van der Waals surface area contributed by atoms with Crippen LogP contribution in [-0.4, -0.2) is 88.9 Å². The molecule has 0 unspecified atom stereocenters. The van der Waals surface area contributed by atoms with E-state index in [1.165, 1.54) is 14.2 Å². The van der Waals surface area contributed by atoms with Gasteiger partial charge in [0.05, 0.1) is 38.2 Å². The number of likely N-dealkylation sites (tertiary alicyclic amines) is 2. The largest absolute Gasteiger partial charge is 0.453 e. The fourth-order valence-corrected chi connectivity index (χ4v) is 8.80. The molecule has 0 radical (unpaired) electrons. The smallest absolute Gasteiger partial charge is 0.407 e. The van der Waals surface area contributed by atoms with Crippen LogP contribution in [0.25, 0.3) is 38.7 Å². The highest BCUT2D eigenvalue weighted by molar-refractivity contribution is 6.04. The number of carbonyl (C=O) groups is 4. The minimum atomic E-state index is -0.852. The van der Waals surface area contributed by atoms with Crippen molar-refractivity contribution in [2.45, 2.75) is 70.1 Å². The van der Waals surface area contributed by atoms with Gasteiger partial charge in [-0.15, -0.1) is 0 Å². The number of aromatic nitrogens is 2. The molecule has 2 saturated heterocycles. The average Bonchev–Trinajstić information content (AvgIpc) is 4.14. The summed E-state index contributed by atoms with van der Waals surface area (Å²) in [5.41, 5.74) is 7.91. The molecule has 4 atom stereocenters. The Kier molecular flexibility index (Phi) is 12.0. The number of hydrogen-bond acceptors (Lipinski definition) is 8. The molecule has 3 aliphatic heterocycles. The second kappa shape index (κ2) is 17.8. The van der Waals surface area contributed by atoms with Gasteiger partial charge in [-0.25, -0.2) is 14.6 Å². The van der Waals surface area contributed by atoms with E-state index in [2.05, 4.69) is 76.3 Å². The lowest BCUT2D eigenvalue weighted by atomic mass is 9.95. The molecule has 61 heavy (non-hydrogen) atoms. The van der Waals surface area contributed by atoms with Crippen molar-refractivity contribution in [2.24, 2.45) is 10.9 Å². The predicted octanol–water partition coefficient (Wildman–Crippen LogP) is 8.21. The average molecular weight is 822 g/mol. The van der Waals surface area contributed by atoms with Gasteiger partial charge in [-0.3, -0.25) is 14.6 Å². The number of aliphatic imine (C=N–C) groups is 1. The Bertz CT molecular complexity index is 2490. The Balaban J connectivity index is 0.914. The molecular weight excluding hydrogens is 771 g/mol. The standard InChI is InChI=1S/C48H51N7O6/c1-29(2)42(52-47(58)60-3)45(56)55-23-9-13-41(55)44-50-28-39(51-44)36-21-20-34-24-33(18-19-35(34)25-36)30-14-16-31(17-15-30)37-26-38(49-27-37)40-12-8-22-54(40)46(57)43(53-48(59)61-4)32-10-6-5-7-11-32/h5-7,10-11,14-21,24-25,27-29,40-43H,8-9,12-13,22-23,26H2,1-4H3,(H,50,51)(H,52,58)(H,53,59)/t40-,41-,42-,43+/m0/s1. The summed E-state index contributed by atoms with van der Waals surface area (Å²) in [4.78, 5) is 68.5. The van der Waals surface area contributed by atoms with Crippen LogP contribution in [0.4, 0.5) is 9.59 Å². The molecule has 1 aromatic heterocycles. The molecule has 4 aromatic carbocycles. The molecule has 0 bridgehead atoms. The van der Waals surface area contributed by atoms with Gasteiger partial charge in [0.2, 0.25) is 11.8 Å². The van der Waals surface area contributed by atoms with Gasteiger partial charge in [-0.2, -0.15) is 0 Å². The van der Waals surface area contributed by atoms with E-state index in [1.54, 1.807) is 0 Å². The molecule has 4 heterocycles. The van der Waals surface area contributed by atoms with Crippen molar-refractivity contribution >= 4 is 46.1 Å². The summed E-state index contributed by atoms with van der Waals surface area (Å²) in [7, 11) is 2.59. The normalized spacial score (nSPS) is 18.4. The van der Waals surface area contributed by atoms with Crippen LogP contribution < -0.4 is 10.6 Å². The van der Waals surface area contributed by atoms with E-state index < -0.39 is 24.3 Å². The van der Waals surface area contributed by atoms with E-state index in [0.29, 0.717) is 25.1 Å². The van der Waals surface area contributed by atoms with Crippen molar-refractivity contribution in [3.8, 4) is 22.4 Å². The number of carbonyl (C=O) groups excluding carboxylic acids is 4. The zero-order chi connectivity index (χ0) is 42.6. The van der Waals surface area contributed by atoms with Gasteiger partial charge in [0, 0.05) is 37.0 Å². The maximum absolute atomic E-state index is 13.9. The van der Waals surface area contributed by atoms with Gasteiger partial charge >= 0.3 is 12.2 Å². The number of allylic oxidation sites excluding steroid dienone is 1. The Hall–Kier alpha value is -6.76. The maximum Gasteiger partial charge on any atom is 0.407 e. The molecule has 8 rings (SSSR count). The Morgan fingerprint density at radius 3 is 2.02 bits per heavy atom. The lowest BCUT2D eigenvalue weighted by Gasteiger charge is -2.30. The molecule has 314 valence electrons. The maximum atomic E-state index is 13.9. The number of aromatic amines is 1. The SMILES string of the molecule is COC(=O)N[C@H](C(=O)N1CCC[C@H]1c1ncc(-c2ccc3cc(-c4ccc(C5=CN=C([C@@H]6CCCN6C(=O)[C@H](NC(=O)OC)c6ccccc6)C5)cc4)ccc3c2)[nH]1)C(C)C. The molecule has 0 aliphatic carbocycles. The number of H-pyrrole nitrogens is 1. The van der Waals surface area contributed by atoms with Crippen LogP contribution in [0.2, 0.25) is 0 Å². The summed E-state index contributed by atoms with van der Waals surface area (Å²) >= 11 is 0. The summed E-state index contributed by atoms with van der Waals surface area (Å²) in [6.07, 6.45) is 6.42. The molecule has 13 nitrogen and oxygen atoms in total. The minimum Gasteiger partial charge on any atom is -0.453 e. The first-order chi connectivity index (χ1) is 29.6. The van der Waals surface area contributed by atoms with Crippen molar-refractivity contribution in [3.05, 3.63) is 120 Å². The van der Waals surface area contributed by atoms with Crippen LogP contribution in [-0.2, 0) is 19.1 Å². The zero-order valence-corrected chi connectivity index (χ0v) is 34.9. The highest BCUT2D eigenvalue weighted by Gasteiger charge is 2.39. The third-order valence-corrected chi connectivity index (χ3v) is 12.1. The van der Waals surface area contributed by atoms with Crippen LogP contribution in [0, 0.1) is 5.92 Å². The molecule has 3 N–H and O–H groups in total. The van der Waals surface area contributed by atoms with Crippen LogP contribution in [0.15, 0.2) is 108 Å². The van der Waals surface area contributed by atoms with Gasteiger partial charge < -0.3 is 34.9 Å². The number of imidazole rings is 1. The Morgan fingerprint density at radius 2 is 1.33 bits per heavy atom. The van der Waals surface area contributed by atoms with Gasteiger partial charge in [0.1, 0.15) is 17.9 Å². The third kappa shape index (κ3) is 8.63. The van der Waals surface area contributed by atoms with E-state index >= 15 is 0 Å². The molecule has 0 saturated carbocycles. The first-order valence-corrected chi connectivity index (χ1v) is 20.9. The Labute approximate surface area is 355 Å². The number of methoxy groups -OCH3 is 2. The second-order valence-electron chi connectivity index (χ2n) is 16.2. The minimum absolute atomic E-state index is 0.106.